The molecule has 0 saturated carbocycles. The van der Waals surface area contributed by atoms with Gasteiger partial charge in [-0.05, 0) is 48.7 Å². The van der Waals surface area contributed by atoms with Crippen LogP contribution in [0.25, 0.3) is 34.4 Å². The zero-order chi connectivity index (χ0) is 57.0. The lowest BCUT2D eigenvalue weighted by atomic mass is 9.12. The third kappa shape index (κ3) is 8.59. The van der Waals surface area contributed by atoms with Crippen molar-refractivity contribution in [1.82, 2.24) is 0 Å². The van der Waals surface area contributed by atoms with Gasteiger partial charge in [-0.25, -0.2) is 87.8 Å². The molecule has 0 atom stereocenters. The average Bonchev–Trinajstić information content (AvgIpc) is 3.28. The molecular formula is C45H13BF29-. The Morgan fingerprint density at radius 3 is 0.693 bits per heavy atom. The minimum Gasteiger partial charge on any atom is -0.207 e. The standard InChI is InChI=1S/C45H13BF29/c1-3-5-10-7-11(6-4-2)9-12(8-10)13-23(47)25(49)14(26(50)24(13)48)15-27(51)35(59)19(36(60)28(15)52)46(20-37(61)29(53)16(43(67,68)69)30(54)38(20)62,21-39(63)31(55)17(44(70,71)72)32(56)40(21)64)22-41(65)33(57)18(45(73,74)75)34(58)42(22)66/h3-9H,1-2H3/q-1/b5-3+,6-4+. The van der Waals surface area contributed by atoms with E-state index in [4.69, 9.17) is 0 Å². The molecule has 75 heavy (non-hydrogen) atoms. The van der Waals surface area contributed by atoms with Crippen LogP contribution in [0.1, 0.15) is 41.7 Å². The summed E-state index contributed by atoms with van der Waals surface area (Å²) in [5, 5.41) is 0. The van der Waals surface area contributed by atoms with Crippen LogP contribution in [-0.2, 0) is 18.5 Å². The molecule has 6 rings (SSSR count). The molecule has 0 bridgehead atoms. The van der Waals surface area contributed by atoms with Crippen LogP contribution in [-0.4, -0.2) is 6.15 Å². The van der Waals surface area contributed by atoms with Gasteiger partial charge in [0.2, 0.25) is 0 Å². The largest absolute Gasteiger partial charge is 0.422 e. The van der Waals surface area contributed by atoms with E-state index in [0.717, 1.165) is 12.1 Å². The summed E-state index contributed by atoms with van der Waals surface area (Å²) >= 11 is 0. The summed E-state index contributed by atoms with van der Waals surface area (Å²) in [6, 6.07) is 2.80. The van der Waals surface area contributed by atoms with Gasteiger partial charge in [0.15, 0.2) is 69.8 Å². The Balaban J connectivity index is 2.02. The Hall–Kier alpha value is -7.17. The lowest BCUT2D eigenvalue weighted by Crippen LogP contribution is -2.81. The minimum absolute atomic E-state index is 0.0315. The summed E-state index contributed by atoms with van der Waals surface area (Å²) in [5.74, 6) is -81.5. The predicted octanol–water partition coefficient (Wildman–Crippen LogP) is 14.3. The molecule has 400 valence electrons. The van der Waals surface area contributed by atoms with Crippen molar-refractivity contribution in [3.63, 3.8) is 0 Å². The Morgan fingerprint density at radius 2 is 0.480 bits per heavy atom. The quantitative estimate of drug-likeness (QED) is 0.0809. The molecule has 0 fully saturated rings. The van der Waals surface area contributed by atoms with Gasteiger partial charge in [-0.3, -0.25) is 0 Å². The van der Waals surface area contributed by atoms with E-state index < -0.39 is 202 Å². The van der Waals surface area contributed by atoms with E-state index in [-0.39, 0.29) is 11.1 Å². The Kier molecular flexibility index (Phi) is 14.6. The first-order valence-corrected chi connectivity index (χ1v) is 19.5. The van der Waals surface area contributed by atoms with E-state index in [1.807, 2.05) is 0 Å². The summed E-state index contributed by atoms with van der Waals surface area (Å²) in [6.45, 7) is 2.75. The number of hydrogen-bond donors (Lipinski definition) is 0. The van der Waals surface area contributed by atoms with E-state index in [0.29, 0.717) is 0 Å². The number of allylic oxidation sites excluding steroid dienone is 2. The molecular weight excluding hydrogens is 1100 g/mol. The molecule has 0 radical (unpaired) electrons. The molecule has 0 heterocycles. The van der Waals surface area contributed by atoms with E-state index in [9.17, 15) is 39.5 Å². The highest BCUT2D eigenvalue weighted by atomic mass is 19.4. The van der Waals surface area contributed by atoms with E-state index >= 15 is 87.8 Å². The van der Waals surface area contributed by atoms with E-state index in [1.165, 1.54) is 44.2 Å². The highest BCUT2D eigenvalue weighted by molar-refractivity contribution is 7.20. The van der Waals surface area contributed by atoms with Crippen molar-refractivity contribution in [3.8, 4) is 22.3 Å². The first-order valence-electron chi connectivity index (χ1n) is 19.5. The van der Waals surface area contributed by atoms with Gasteiger partial charge in [0.25, 0.3) is 0 Å². The van der Waals surface area contributed by atoms with Gasteiger partial charge >= 0.3 is 18.5 Å². The highest BCUT2D eigenvalue weighted by Gasteiger charge is 2.56. The predicted molar refractivity (Wildman–Crippen MR) is 205 cm³/mol. The van der Waals surface area contributed by atoms with Crippen molar-refractivity contribution >= 4 is 40.1 Å². The van der Waals surface area contributed by atoms with E-state index in [1.54, 1.807) is 0 Å². The first-order chi connectivity index (χ1) is 34.4. The number of alkyl halides is 9. The third-order valence-electron chi connectivity index (χ3n) is 11.3. The van der Waals surface area contributed by atoms with Gasteiger partial charge < -0.3 is 0 Å². The SMILES string of the molecule is C/C=C/c1cc(/C=C/C)cc(-c2c(F)c(F)c(-c3c(F)c(F)c([B-](c4c(F)c(F)c(C(F)(F)F)c(F)c4F)(c4c(F)c(F)c(C(F)(F)F)c(F)c4F)c4c(F)c(F)c(C(F)(F)F)c(F)c4F)c(F)c3F)c(F)c2F)c1. The normalized spacial score (nSPS) is 12.9. The molecule has 0 unspecified atom stereocenters. The lowest BCUT2D eigenvalue weighted by Gasteiger charge is -2.45. The van der Waals surface area contributed by atoms with Crippen LogP contribution in [0.2, 0.25) is 0 Å². The fourth-order valence-electron chi connectivity index (χ4n) is 8.45. The lowest BCUT2D eigenvalue weighted by molar-refractivity contribution is -0.144. The molecule has 0 aliphatic rings. The van der Waals surface area contributed by atoms with Crippen LogP contribution in [0.3, 0.4) is 0 Å². The van der Waals surface area contributed by atoms with Gasteiger partial charge in [-0.1, -0.05) is 24.3 Å². The molecule has 0 nitrogen and oxygen atoms in total. The van der Waals surface area contributed by atoms with Crippen molar-refractivity contribution in [1.29, 1.82) is 0 Å². The van der Waals surface area contributed by atoms with Gasteiger partial charge in [0, 0.05) is 0 Å². The molecule has 0 N–H and O–H groups in total. The summed E-state index contributed by atoms with van der Waals surface area (Å²) in [6.07, 6.45) is -24.1. The molecule has 0 saturated heterocycles. The monoisotopic (exact) mass is 1120 g/mol. The van der Waals surface area contributed by atoms with Crippen LogP contribution < -0.4 is 21.9 Å². The Morgan fingerprint density at radius 1 is 0.280 bits per heavy atom. The summed E-state index contributed by atoms with van der Waals surface area (Å²) in [5.41, 5.74) is -38.7. The zero-order valence-electron chi connectivity index (χ0n) is 35.6. The van der Waals surface area contributed by atoms with Crippen LogP contribution in [0.15, 0.2) is 30.4 Å². The number of benzene rings is 6. The average molecular weight is 1120 g/mol. The number of hydrogen-bond acceptors (Lipinski definition) is 0. The Bertz CT molecular complexity index is 3100. The smallest absolute Gasteiger partial charge is 0.207 e. The topological polar surface area (TPSA) is 0 Å². The fraction of sp³-hybridized carbons (Fsp3) is 0.111. The van der Waals surface area contributed by atoms with Crippen LogP contribution in [0, 0.1) is 116 Å². The van der Waals surface area contributed by atoms with Gasteiger partial charge in [-0.2, -0.15) is 39.5 Å². The van der Waals surface area contributed by atoms with Gasteiger partial charge in [-0.15, -0.1) is 21.9 Å². The van der Waals surface area contributed by atoms with Crippen molar-refractivity contribution in [2.24, 2.45) is 0 Å². The third-order valence-corrected chi connectivity index (χ3v) is 11.3. The molecule has 0 amide bonds. The number of halogens is 29. The summed E-state index contributed by atoms with van der Waals surface area (Å²) < 4.78 is 448. The Labute approximate surface area is 396 Å². The van der Waals surface area contributed by atoms with E-state index in [2.05, 4.69) is 0 Å². The molecule has 0 aromatic heterocycles. The second-order valence-electron chi connectivity index (χ2n) is 15.4. The molecule has 0 spiro atoms. The molecule has 0 aliphatic heterocycles. The van der Waals surface area contributed by atoms with Crippen LogP contribution in [0.4, 0.5) is 127 Å². The molecule has 6 aromatic rings. The van der Waals surface area contributed by atoms with Crippen molar-refractivity contribution < 1.29 is 127 Å². The van der Waals surface area contributed by atoms with Crippen molar-refractivity contribution in [2.45, 2.75) is 32.4 Å². The molecule has 6 aromatic carbocycles. The van der Waals surface area contributed by atoms with Crippen molar-refractivity contribution in [2.75, 3.05) is 0 Å². The maximum atomic E-state index is 17.1. The maximum absolute atomic E-state index is 17.1. The summed E-state index contributed by atoms with van der Waals surface area (Å²) in [7, 11) is 0. The second kappa shape index (κ2) is 19.2. The fourth-order valence-corrected chi connectivity index (χ4v) is 8.45. The zero-order valence-corrected chi connectivity index (χ0v) is 35.6. The summed E-state index contributed by atoms with van der Waals surface area (Å²) in [4.78, 5) is 0. The van der Waals surface area contributed by atoms with Crippen molar-refractivity contribution in [3.05, 3.63) is 175 Å². The van der Waals surface area contributed by atoms with Crippen LogP contribution >= 0.6 is 0 Å². The highest BCUT2D eigenvalue weighted by Crippen LogP contribution is 2.44. The molecule has 0 aliphatic carbocycles. The second-order valence-corrected chi connectivity index (χ2v) is 15.4. The van der Waals surface area contributed by atoms with Crippen LogP contribution in [0.5, 0.6) is 0 Å². The van der Waals surface area contributed by atoms with Gasteiger partial charge in [0.1, 0.15) is 69.4 Å². The maximum Gasteiger partial charge on any atom is 0.422 e. The minimum atomic E-state index is -8.28. The molecule has 30 heteroatoms. The van der Waals surface area contributed by atoms with Gasteiger partial charge in [0.05, 0.1) is 16.7 Å². The number of rotatable bonds is 8. The first kappa shape index (κ1) is 57.1.